The lowest BCUT2D eigenvalue weighted by atomic mass is 10.0. The van der Waals surface area contributed by atoms with Gasteiger partial charge in [-0.1, -0.05) is 6.04 Å². The van der Waals surface area contributed by atoms with Gasteiger partial charge in [-0.2, -0.15) is 0 Å². The van der Waals surface area contributed by atoms with Crippen LogP contribution < -0.4 is 11.1 Å². The Morgan fingerprint density at radius 2 is 2.16 bits per heavy atom. The summed E-state index contributed by atoms with van der Waals surface area (Å²) in [4.78, 5) is 36.9. The lowest BCUT2D eigenvalue weighted by Crippen LogP contribution is -2.52. The minimum absolute atomic E-state index is 0.00428. The molecule has 1 atom stereocenters. The zero-order chi connectivity index (χ0) is 16.2. The Bertz CT molecular complexity index is 735. The van der Waals surface area contributed by atoms with Crippen LogP contribution in [0.25, 0.3) is 0 Å². The first-order chi connectivity index (χ1) is 10.3. The molecule has 2 heterocycles. The number of benzene rings is 1. The predicted molar refractivity (Wildman–Crippen MR) is 66.9 cm³/mol. The third-order valence-electron chi connectivity index (χ3n) is 3.40. The zero-order valence-electron chi connectivity index (χ0n) is 12.9. The molecule has 6 heteroatoms. The van der Waals surface area contributed by atoms with E-state index in [2.05, 4.69) is 5.32 Å². The summed E-state index contributed by atoms with van der Waals surface area (Å²) in [6.45, 7) is 0.00428. The van der Waals surface area contributed by atoms with Gasteiger partial charge in [0.2, 0.25) is 11.8 Å². The Morgan fingerprint density at radius 1 is 1.37 bits per heavy atom. The molecule has 2 aliphatic rings. The number of nitrogens with zero attached hydrogens (tertiary/aromatic N) is 1. The number of amides is 3. The summed E-state index contributed by atoms with van der Waals surface area (Å²) in [5.41, 5.74) is 6.06. The maximum Gasteiger partial charge on any atom is 0.255 e. The smallest absolute Gasteiger partial charge is 0.255 e. The number of fused-ring (bicyclic) bond motifs is 1. The van der Waals surface area contributed by atoms with Crippen molar-refractivity contribution in [2.24, 2.45) is 0 Å². The third-order valence-corrected chi connectivity index (χ3v) is 3.40. The fraction of sp³-hybridized carbons (Fsp3) is 0.308. The fourth-order valence-electron chi connectivity index (χ4n) is 2.41. The van der Waals surface area contributed by atoms with Crippen molar-refractivity contribution in [2.75, 3.05) is 5.73 Å². The average Bonchev–Trinajstić information content (AvgIpc) is 2.81. The van der Waals surface area contributed by atoms with E-state index in [1.54, 1.807) is 0 Å². The monoisotopic (exact) mass is 262 g/mol. The summed E-state index contributed by atoms with van der Waals surface area (Å²) in [6, 6.07) is -1.86. The molecule has 0 bridgehead atoms. The Kier molecular flexibility index (Phi) is 1.87. The lowest BCUT2D eigenvalue weighted by molar-refractivity contribution is -0.136. The van der Waals surface area contributed by atoms with Crippen LogP contribution in [-0.2, 0) is 16.1 Å². The van der Waals surface area contributed by atoms with Crippen molar-refractivity contribution in [3.63, 3.8) is 0 Å². The Labute approximate surface area is 113 Å². The van der Waals surface area contributed by atoms with Crippen LogP contribution in [0.15, 0.2) is 18.1 Å². The fourth-order valence-corrected chi connectivity index (χ4v) is 2.41. The average molecular weight is 262 g/mol. The molecule has 98 valence electrons. The number of imide groups is 1. The number of rotatable bonds is 1. The number of nitrogens with one attached hydrogen (secondary N) is 1. The minimum Gasteiger partial charge on any atom is -0.398 e. The molecule has 6 nitrogen and oxygen atoms in total. The van der Waals surface area contributed by atoms with Gasteiger partial charge in [-0.15, -0.1) is 0 Å². The number of nitrogens with two attached hydrogens (primary N) is 1. The van der Waals surface area contributed by atoms with Crippen molar-refractivity contribution >= 4 is 23.4 Å². The van der Waals surface area contributed by atoms with E-state index in [0.29, 0.717) is 5.56 Å². The summed E-state index contributed by atoms with van der Waals surface area (Å²) in [7, 11) is 0. The molecule has 3 N–H and O–H groups in total. The quantitative estimate of drug-likeness (QED) is 0.551. The lowest BCUT2D eigenvalue weighted by Gasteiger charge is -2.29. The van der Waals surface area contributed by atoms with Gasteiger partial charge < -0.3 is 10.6 Å². The summed E-state index contributed by atoms with van der Waals surface area (Å²) >= 11 is 0. The molecule has 0 unspecified atom stereocenters. The zero-order valence-corrected chi connectivity index (χ0v) is 9.95. The molecule has 19 heavy (non-hydrogen) atoms. The van der Waals surface area contributed by atoms with E-state index < -0.39 is 23.9 Å². The molecular weight excluding hydrogens is 246 g/mol. The van der Waals surface area contributed by atoms with Gasteiger partial charge in [0.1, 0.15) is 6.04 Å². The van der Waals surface area contributed by atoms with E-state index in [1.165, 1.54) is 4.90 Å². The van der Waals surface area contributed by atoms with Crippen molar-refractivity contribution in [3.05, 3.63) is 29.3 Å². The molecule has 0 radical (unpaired) electrons. The summed E-state index contributed by atoms with van der Waals surface area (Å²) < 4.78 is 23.2. The standard InChI is InChI=1S/C13H13N3O3/c14-9-3-1-2-7-8(9)6-16(13(7)19)10-4-5-11(17)15-12(10)18/h1-3,10H,4-6,14H2,(H,15,17,18)/t10-/m0/s1/i1D,2D,3D. The van der Waals surface area contributed by atoms with Crippen LogP contribution >= 0.6 is 0 Å². The highest BCUT2D eigenvalue weighted by Gasteiger charge is 2.39. The molecule has 1 aromatic carbocycles. The molecule has 1 aromatic rings. The minimum atomic E-state index is -0.806. The molecule has 0 aromatic heterocycles. The molecular formula is C13H13N3O3. The van der Waals surface area contributed by atoms with E-state index >= 15 is 0 Å². The first-order valence-corrected chi connectivity index (χ1v) is 5.85. The van der Waals surface area contributed by atoms with Crippen LogP contribution in [0.3, 0.4) is 0 Å². The highest BCUT2D eigenvalue weighted by atomic mass is 16.2. The van der Waals surface area contributed by atoms with Gasteiger partial charge in [0.05, 0.1) is 4.11 Å². The van der Waals surface area contributed by atoms with Crippen LogP contribution in [0, 0.1) is 0 Å². The largest absolute Gasteiger partial charge is 0.398 e. The molecule has 0 aliphatic carbocycles. The van der Waals surface area contributed by atoms with E-state index in [-0.39, 0.29) is 48.6 Å². The van der Waals surface area contributed by atoms with Gasteiger partial charge in [-0.25, -0.2) is 0 Å². The van der Waals surface area contributed by atoms with E-state index in [4.69, 9.17) is 9.85 Å². The van der Waals surface area contributed by atoms with E-state index in [1.807, 2.05) is 0 Å². The molecule has 1 fully saturated rings. The molecule has 1 saturated heterocycles. The number of nitrogen functional groups attached to an aromatic ring is 1. The second-order valence-corrected chi connectivity index (χ2v) is 4.54. The van der Waals surface area contributed by atoms with Gasteiger partial charge >= 0.3 is 0 Å². The van der Waals surface area contributed by atoms with E-state index in [9.17, 15) is 14.4 Å². The summed E-state index contributed by atoms with van der Waals surface area (Å²) in [5, 5.41) is 2.18. The number of carbonyl (C=O) groups excluding carboxylic acids is 3. The van der Waals surface area contributed by atoms with Gasteiger partial charge in [0, 0.05) is 29.8 Å². The molecule has 0 saturated carbocycles. The highest BCUT2D eigenvalue weighted by Crippen LogP contribution is 2.30. The normalized spacial score (nSPS) is 24.6. The molecule has 2 aliphatic heterocycles. The number of hydrogen-bond donors (Lipinski definition) is 2. The first kappa shape index (κ1) is 8.68. The number of anilines is 1. The topological polar surface area (TPSA) is 92.5 Å². The molecule has 3 rings (SSSR count). The van der Waals surface area contributed by atoms with Crippen LogP contribution in [0.4, 0.5) is 5.69 Å². The van der Waals surface area contributed by atoms with Gasteiger partial charge in [0.15, 0.2) is 0 Å². The van der Waals surface area contributed by atoms with Crippen molar-refractivity contribution < 1.29 is 18.5 Å². The van der Waals surface area contributed by atoms with Crippen LogP contribution in [0.2, 0.25) is 0 Å². The Balaban J connectivity index is 2.02. The van der Waals surface area contributed by atoms with Crippen molar-refractivity contribution in [2.45, 2.75) is 25.4 Å². The van der Waals surface area contributed by atoms with Crippen LogP contribution in [0.5, 0.6) is 0 Å². The third kappa shape index (κ3) is 1.76. The SMILES string of the molecule is [2H]c1c([2H])c(N)c2c(c1[2H])C(=O)N([C@H]1CCC(=O)NC1=O)C2. The molecule has 3 amide bonds. The summed E-state index contributed by atoms with van der Waals surface area (Å²) in [5.74, 6) is -1.50. The maximum atomic E-state index is 12.5. The van der Waals surface area contributed by atoms with E-state index in [0.717, 1.165) is 0 Å². The Hall–Kier alpha value is -2.37. The summed E-state index contributed by atoms with van der Waals surface area (Å²) in [6.07, 6.45) is 0.340. The predicted octanol–water partition coefficient (Wildman–Crippen LogP) is 0.0298. The van der Waals surface area contributed by atoms with Crippen LogP contribution in [0.1, 0.15) is 32.9 Å². The first-order valence-electron chi connectivity index (χ1n) is 7.35. The Morgan fingerprint density at radius 3 is 2.89 bits per heavy atom. The van der Waals surface area contributed by atoms with Gasteiger partial charge in [0.25, 0.3) is 5.91 Å². The number of piperidine rings is 1. The number of hydrogen-bond acceptors (Lipinski definition) is 4. The second-order valence-electron chi connectivity index (χ2n) is 4.54. The van der Waals surface area contributed by atoms with Crippen molar-refractivity contribution in [3.8, 4) is 0 Å². The molecule has 0 spiro atoms. The van der Waals surface area contributed by atoms with Crippen molar-refractivity contribution in [1.29, 1.82) is 0 Å². The van der Waals surface area contributed by atoms with Crippen LogP contribution in [-0.4, -0.2) is 28.7 Å². The number of carbonyl (C=O) groups is 3. The highest BCUT2D eigenvalue weighted by molar-refractivity contribution is 6.06. The van der Waals surface area contributed by atoms with Gasteiger partial charge in [-0.05, 0) is 18.5 Å². The maximum absolute atomic E-state index is 12.5. The van der Waals surface area contributed by atoms with Gasteiger partial charge in [-0.3, -0.25) is 19.7 Å². The van der Waals surface area contributed by atoms with Crippen molar-refractivity contribution in [1.82, 2.24) is 10.2 Å². The second kappa shape index (κ2) is 4.08.